The third-order valence-electron chi connectivity index (χ3n) is 5.16. The summed E-state index contributed by atoms with van der Waals surface area (Å²) >= 11 is 12.1. The maximum absolute atomic E-state index is 12.7. The first-order chi connectivity index (χ1) is 15.0. The van der Waals surface area contributed by atoms with Crippen molar-refractivity contribution in [3.05, 3.63) is 76.5 Å². The van der Waals surface area contributed by atoms with Crippen LogP contribution in [0.15, 0.2) is 65.3 Å². The van der Waals surface area contributed by atoms with Crippen LogP contribution in [-0.2, 0) is 4.74 Å². The van der Waals surface area contributed by atoms with Crippen LogP contribution in [0.3, 0.4) is 0 Å². The molecule has 5 rings (SSSR count). The first-order valence-corrected chi connectivity index (χ1v) is 10.5. The number of hydrogen-bond donors (Lipinski definition) is 0. The first kappa shape index (κ1) is 19.8. The van der Waals surface area contributed by atoms with E-state index in [1.807, 2.05) is 18.3 Å². The normalized spacial score (nSPS) is 16.1. The molecule has 1 aliphatic heterocycles. The van der Waals surface area contributed by atoms with Gasteiger partial charge >= 0.3 is 5.97 Å². The number of aromatic nitrogens is 2. The summed E-state index contributed by atoms with van der Waals surface area (Å²) in [6.45, 7) is 1.46. The number of pyridine rings is 1. The van der Waals surface area contributed by atoms with Gasteiger partial charge in [0.25, 0.3) is 0 Å². The molecule has 1 saturated heterocycles. The molecule has 156 valence electrons. The number of hydrogen-bond acceptors (Lipinski definition) is 6. The lowest BCUT2D eigenvalue weighted by atomic mass is 10.2. The second-order valence-corrected chi connectivity index (χ2v) is 8.21. The highest BCUT2D eigenvalue weighted by Crippen LogP contribution is 2.30. The van der Waals surface area contributed by atoms with E-state index in [1.165, 1.54) is 0 Å². The van der Waals surface area contributed by atoms with Gasteiger partial charge in [0.05, 0.1) is 24.0 Å². The number of ether oxygens (including phenoxy) is 1. The fourth-order valence-electron chi connectivity index (χ4n) is 3.67. The number of oxazole rings is 1. The van der Waals surface area contributed by atoms with E-state index in [-0.39, 0.29) is 12.1 Å². The van der Waals surface area contributed by atoms with Crippen molar-refractivity contribution in [1.82, 2.24) is 9.97 Å². The summed E-state index contributed by atoms with van der Waals surface area (Å²) in [6, 6.07) is 14.1. The predicted molar refractivity (Wildman–Crippen MR) is 120 cm³/mol. The van der Waals surface area contributed by atoms with Crippen molar-refractivity contribution < 1.29 is 13.9 Å². The van der Waals surface area contributed by atoms with Gasteiger partial charge < -0.3 is 14.1 Å². The van der Waals surface area contributed by atoms with Crippen LogP contribution in [0.25, 0.3) is 22.6 Å². The lowest BCUT2D eigenvalue weighted by molar-refractivity contribution is 0.0348. The Morgan fingerprint density at radius 2 is 1.97 bits per heavy atom. The van der Waals surface area contributed by atoms with Crippen molar-refractivity contribution in [3.63, 3.8) is 0 Å². The second-order valence-electron chi connectivity index (χ2n) is 7.33. The van der Waals surface area contributed by atoms with Gasteiger partial charge in [0.2, 0.25) is 5.89 Å². The summed E-state index contributed by atoms with van der Waals surface area (Å²) in [7, 11) is 0. The zero-order valence-corrected chi connectivity index (χ0v) is 17.8. The van der Waals surface area contributed by atoms with Crippen LogP contribution < -0.4 is 4.90 Å². The Kier molecular flexibility index (Phi) is 5.26. The fraction of sp³-hybridized carbons (Fsp3) is 0.174. The molecule has 0 N–H and O–H groups in total. The van der Waals surface area contributed by atoms with Gasteiger partial charge in [0, 0.05) is 34.8 Å². The molecular formula is C23H17Cl2N3O3. The van der Waals surface area contributed by atoms with Gasteiger partial charge in [0.15, 0.2) is 5.58 Å². The summed E-state index contributed by atoms with van der Waals surface area (Å²) in [4.78, 5) is 23.5. The van der Waals surface area contributed by atoms with Crippen molar-refractivity contribution in [1.29, 1.82) is 0 Å². The van der Waals surface area contributed by atoms with Gasteiger partial charge in [-0.25, -0.2) is 9.78 Å². The van der Waals surface area contributed by atoms with Crippen LogP contribution in [-0.4, -0.2) is 35.1 Å². The van der Waals surface area contributed by atoms with Gasteiger partial charge in [-0.2, -0.15) is 0 Å². The smallest absolute Gasteiger partial charge is 0.338 e. The highest BCUT2D eigenvalue weighted by molar-refractivity contribution is 6.35. The standard InChI is InChI=1S/C23H17Cl2N3O3/c24-16-8-15(9-17(25)11-16)22-27-20-4-3-14(10-21(20)31-22)23(29)30-19-5-7-28(13-19)18-2-1-6-26-12-18/h1-4,6,8-12,19H,5,7,13H2. The molecule has 1 fully saturated rings. The molecule has 8 heteroatoms. The van der Waals surface area contributed by atoms with Crippen molar-refractivity contribution in [2.45, 2.75) is 12.5 Å². The Labute approximate surface area is 188 Å². The summed E-state index contributed by atoms with van der Waals surface area (Å²) in [5.74, 6) is -0.00323. The van der Waals surface area contributed by atoms with Crippen LogP contribution >= 0.6 is 23.2 Å². The molecule has 2 aromatic heterocycles. The minimum atomic E-state index is -0.385. The maximum Gasteiger partial charge on any atom is 0.338 e. The number of nitrogens with zero attached hydrogens (tertiary/aromatic N) is 3. The zero-order valence-electron chi connectivity index (χ0n) is 16.3. The fourth-order valence-corrected chi connectivity index (χ4v) is 4.20. The van der Waals surface area contributed by atoms with E-state index in [9.17, 15) is 4.79 Å². The third-order valence-corrected chi connectivity index (χ3v) is 5.60. The number of rotatable bonds is 4. The third kappa shape index (κ3) is 4.22. The number of halogens is 2. The molecule has 6 nitrogen and oxygen atoms in total. The minimum Gasteiger partial charge on any atom is -0.457 e. The molecule has 31 heavy (non-hydrogen) atoms. The Morgan fingerprint density at radius 3 is 2.74 bits per heavy atom. The van der Waals surface area contributed by atoms with Crippen LogP contribution in [0, 0.1) is 0 Å². The van der Waals surface area contributed by atoms with Gasteiger partial charge in [-0.3, -0.25) is 4.98 Å². The SMILES string of the molecule is O=C(OC1CCN(c2cccnc2)C1)c1ccc2nc(-c3cc(Cl)cc(Cl)c3)oc2c1. The number of anilines is 1. The quantitative estimate of drug-likeness (QED) is 0.372. The average Bonchev–Trinajstić information content (AvgIpc) is 3.40. The van der Waals surface area contributed by atoms with Gasteiger partial charge in [-0.1, -0.05) is 23.2 Å². The summed E-state index contributed by atoms with van der Waals surface area (Å²) in [5.41, 5.74) is 3.23. The average molecular weight is 454 g/mol. The van der Waals surface area contributed by atoms with E-state index in [1.54, 1.807) is 42.6 Å². The Hall–Kier alpha value is -3.09. The van der Waals surface area contributed by atoms with Gasteiger partial charge in [-0.05, 0) is 48.5 Å². The molecule has 0 amide bonds. The molecule has 1 aliphatic rings. The molecule has 0 spiro atoms. The number of fused-ring (bicyclic) bond motifs is 1. The van der Waals surface area contributed by atoms with Crippen molar-refractivity contribution in [3.8, 4) is 11.5 Å². The molecule has 1 atom stereocenters. The van der Waals surface area contributed by atoms with Crippen LogP contribution in [0.4, 0.5) is 5.69 Å². The van der Waals surface area contributed by atoms with E-state index in [2.05, 4.69) is 14.9 Å². The highest BCUT2D eigenvalue weighted by Gasteiger charge is 2.26. The summed E-state index contributed by atoms with van der Waals surface area (Å²) < 4.78 is 11.6. The summed E-state index contributed by atoms with van der Waals surface area (Å²) in [5, 5.41) is 0.983. The van der Waals surface area contributed by atoms with Crippen molar-refractivity contribution >= 4 is 46.0 Å². The molecule has 0 radical (unpaired) electrons. The van der Waals surface area contributed by atoms with Crippen LogP contribution in [0.5, 0.6) is 0 Å². The lowest BCUT2D eigenvalue weighted by Gasteiger charge is -2.18. The number of benzene rings is 2. The topological polar surface area (TPSA) is 68.5 Å². The molecule has 2 aromatic carbocycles. The van der Waals surface area contributed by atoms with E-state index < -0.39 is 0 Å². The molecule has 0 bridgehead atoms. The molecule has 4 aromatic rings. The lowest BCUT2D eigenvalue weighted by Crippen LogP contribution is -2.24. The van der Waals surface area contributed by atoms with Crippen molar-refractivity contribution in [2.75, 3.05) is 18.0 Å². The Bertz CT molecular complexity index is 1240. The highest BCUT2D eigenvalue weighted by atomic mass is 35.5. The van der Waals surface area contributed by atoms with Crippen LogP contribution in [0.1, 0.15) is 16.8 Å². The monoisotopic (exact) mass is 453 g/mol. The predicted octanol–water partition coefficient (Wildman–Crippen LogP) is 5.63. The Balaban J connectivity index is 1.32. The van der Waals surface area contributed by atoms with E-state index in [0.717, 1.165) is 18.7 Å². The number of carbonyl (C=O) groups excluding carboxylic acids is 1. The molecule has 0 aliphatic carbocycles. The summed E-state index contributed by atoms with van der Waals surface area (Å²) in [6.07, 6.45) is 4.14. The zero-order chi connectivity index (χ0) is 21.4. The number of carbonyl (C=O) groups is 1. The minimum absolute atomic E-state index is 0.178. The Morgan fingerprint density at radius 1 is 1.13 bits per heavy atom. The maximum atomic E-state index is 12.7. The molecule has 3 heterocycles. The van der Waals surface area contributed by atoms with E-state index in [4.69, 9.17) is 32.4 Å². The molecule has 0 saturated carbocycles. The molecular weight excluding hydrogens is 437 g/mol. The molecule has 1 unspecified atom stereocenters. The van der Waals surface area contributed by atoms with E-state index >= 15 is 0 Å². The van der Waals surface area contributed by atoms with Gasteiger partial charge in [0.1, 0.15) is 11.6 Å². The van der Waals surface area contributed by atoms with Crippen molar-refractivity contribution in [2.24, 2.45) is 0 Å². The largest absolute Gasteiger partial charge is 0.457 e. The first-order valence-electron chi connectivity index (χ1n) is 9.78. The van der Waals surface area contributed by atoms with E-state index in [0.29, 0.717) is 44.7 Å². The van der Waals surface area contributed by atoms with Gasteiger partial charge in [-0.15, -0.1) is 0 Å². The van der Waals surface area contributed by atoms with Crippen LogP contribution in [0.2, 0.25) is 10.0 Å². The second kappa shape index (κ2) is 8.21. The number of esters is 1.